The summed E-state index contributed by atoms with van der Waals surface area (Å²) in [4.78, 5) is 16.0. The predicted molar refractivity (Wildman–Crippen MR) is 53.1 cm³/mol. The highest BCUT2D eigenvalue weighted by atomic mass is 17.2. The molecule has 0 amide bonds. The van der Waals surface area contributed by atoms with Crippen LogP contribution in [0.25, 0.3) is 0 Å². The lowest BCUT2D eigenvalue weighted by Crippen LogP contribution is -2.57. The van der Waals surface area contributed by atoms with E-state index >= 15 is 0 Å². The monoisotopic (exact) mass is 207 g/mol. The molecule has 0 radical (unpaired) electrons. The number of hydrogen-bond acceptors (Lipinski definition) is 4. The van der Waals surface area contributed by atoms with Crippen molar-refractivity contribution in [2.24, 2.45) is 5.84 Å². The first-order chi connectivity index (χ1) is 6.25. The third kappa shape index (κ3) is 6.28. The van der Waals surface area contributed by atoms with Crippen LogP contribution in [0.4, 0.5) is 0 Å². The van der Waals surface area contributed by atoms with E-state index in [0.29, 0.717) is 0 Å². The van der Waals surface area contributed by atoms with Gasteiger partial charge in [-0.2, -0.15) is 0 Å². The predicted octanol–water partition coefficient (Wildman–Crippen LogP) is 1.70. The summed E-state index contributed by atoms with van der Waals surface area (Å²) in [6.07, 6.45) is -0.215. The van der Waals surface area contributed by atoms with Gasteiger partial charge in [0.1, 0.15) is 18.3 Å². The van der Waals surface area contributed by atoms with Crippen molar-refractivity contribution in [2.45, 2.75) is 59.9 Å². The number of rotatable bonds is 6. The first-order valence-corrected chi connectivity index (χ1v) is 4.98. The van der Waals surface area contributed by atoms with Gasteiger partial charge in [0.25, 0.3) is 0 Å². The van der Waals surface area contributed by atoms with Crippen molar-refractivity contribution in [3.05, 3.63) is 0 Å². The lowest BCUT2D eigenvalue weighted by Gasteiger charge is -2.27. The molecule has 0 heterocycles. The fourth-order valence-electron chi connectivity index (χ4n) is 0.956. The molecule has 2 N–H and O–H groups in total. The molecule has 14 heavy (non-hydrogen) atoms. The molecule has 0 aromatic rings. The average molecular weight is 207 g/mol. The highest BCUT2D eigenvalue weighted by Crippen LogP contribution is 2.12. The van der Waals surface area contributed by atoms with Crippen LogP contribution in [0.15, 0.2) is 0 Å². The summed E-state index contributed by atoms with van der Waals surface area (Å²) in [5.74, 6) is 5.77. The van der Waals surface area contributed by atoms with Crippen LogP contribution in [-0.4, -0.2) is 23.4 Å². The van der Waals surface area contributed by atoms with E-state index in [9.17, 15) is 0 Å². The number of nitrogens with two attached hydrogens (primary N) is 1. The minimum absolute atomic E-state index is 0.0718. The molecule has 0 saturated carbocycles. The summed E-state index contributed by atoms with van der Waals surface area (Å²) >= 11 is 0. The molecule has 0 unspecified atom stereocenters. The van der Waals surface area contributed by atoms with Crippen LogP contribution >= 0.6 is 0 Å². The molecule has 0 fully saturated rings. The smallest absolute Gasteiger partial charge is 0.107 e. The van der Waals surface area contributed by atoms with E-state index in [2.05, 4.69) is 0 Å². The molecule has 5 heteroatoms. The number of quaternary nitrogens is 1. The summed E-state index contributed by atoms with van der Waals surface area (Å²) in [5.41, 5.74) is 0. The van der Waals surface area contributed by atoms with E-state index in [1.54, 1.807) is 0 Å². The fraction of sp³-hybridized carbons (Fsp3) is 1.00. The third-order valence-electron chi connectivity index (χ3n) is 1.07. The van der Waals surface area contributed by atoms with Gasteiger partial charge in [0.05, 0.1) is 0 Å². The highest BCUT2D eigenvalue weighted by molar-refractivity contribution is 4.29. The zero-order valence-corrected chi connectivity index (χ0v) is 9.98. The lowest BCUT2D eigenvalue weighted by molar-refractivity contribution is -1.38. The summed E-state index contributed by atoms with van der Waals surface area (Å²) in [6.45, 7) is 11.2. The Balaban J connectivity index is 4.32. The van der Waals surface area contributed by atoms with E-state index in [-0.39, 0.29) is 18.3 Å². The first-order valence-electron chi connectivity index (χ1n) is 4.98. The Bertz CT molecular complexity index is 134. The second-order valence-electron chi connectivity index (χ2n) is 4.00. The van der Waals surface area contributed by atoms with Crippen LogP contribution in [0, 0.1) is 0 Å². The van der Waals surface area contributed by atoms with Gasteiger partial charge in [0.15, 0.2) is 5.08 Å². The van der Waals surface area contributed by atoms with E-state index in [0.717, 1.165) is 0 Å². The molecule has 0 rings (SSSR count). The Kier molecular flexibility index (Phi) is 5.54. The van der Waals surface area contributed by atoms with Gasteiger partial charge >= 0.3 is 0 Å². The van der Waals surface area contributed by atoms with Gasteiger partial charge in [0, 0.05) is 0 Å². The van der Waals surface area contributed by atoms with Gasteiger partial charge in [-0.25, -0.2) is 0 Å². The van der Waals surface area contributed by atoms with E-state index in [4.69, 9.17) is 20.4 Å². The maximum Gasteiger partial charge on any atom is 0.172 e. The molecular weight excluding hydrogens is 184 g/mol. The zero-order valence-electron chi connectivity index (χ0n) is 9.98. The summed E-state index contributed by atoms with van der Waals surface area (Å²) in [5, 5.41) is -0.757. The maximum atomic E-state index is 5.77. The van der Waals surface area contributed by atoms with Crippen LogP contribution in [0.5, 0.6) is 0 Å². The Morgan fingerprint density at radius 2 is 0.929 bits per heavy atom. The molecule has 5 nitrogen and oxygen atoms in total. The minimum atomic E-state index is -0.757. The van der Waals surface area contributed by atoms with Gasteiger partial charge in [-0.1, -0.05) is 5.84 Å². The van der Waals surface area contributed by atoms with Crippen LogP contribution in [-0.2, 0) is 14.5 Å². The normalized spacial score (nSPS) is 13.3. The molecule has 0 aliphatic rings. The second kappa shape index (κ2) is 5.63. The van der Waals surface area contributed by atoms with Crippen LogP contribution < -0.4 is 5.84 Å². The molecular formula is C9H23N2O3+. The Morgan fingerprint density at radius 3 is 1.07 bits per heavy atom. The number of nitrogens with zero attached hydrogens (tertiary/aromatic N) is 1. The highest BCUT2D eigenvalue weighted by Gasteiger charge is 2.34. The Labute approximate surface area is 86.1 Å². The van der Waals surface area contributed by atoms with E-state index < -0.39 is 5.08 Å². The standard InChI is InChI=1S/C9H23N2O3/c1-7(2)12-11(10,13-8(3)4)14-9(5)6/h7-9H,10H2,1-6H3/q+1. The molecule has 0 bridgehead atoms. The molecule has 0 atom stereocenters. The van der Waals surface area contributed by atoms with Gasteiger partial charge in [-0.15, -0.1) is 14.5 Å². The molecule has 0 aromatic carbocycles. The van der Waals surface area contributed by atoms with Crippen LogP contribution in [0.3, 0.4) is 0 Å². The zero-order chi connectivity index (χ0) is 11.4. The maximum absolute atomic E-state index is 5.77. The molecule has 0 aromatic heterocycles. The molecule has 86 valence electrons. The van der Waals surface area contributed by atoms with Crippen molar-refractivity contribution in [1.29, 1.82) is 0 Å². The fourth-order valence-corrected chi connectivity index (χ4v) is 0.956. The average Bonchev–Trinajstić information content (AvgIpc) is 1.76. The van der Waals surface area contributed by atoms with Crippen molar-refractivity contribution < 1.29 is 19.6 Å². The molecule has 0 aliphatic carbocycles. The van der Waals surface area contributed by atoms with E-state index in [1.807, 2.05) is 41.5 Å². The Morgan fingerprint density at radius 1 is 0.714 bits per heavy atom. The second-order valence-corrected chi connectivity index (χ2v) is 4.00. The SMILES string of the molecule is CC(C)O[N+](N)(OC(C)C)OC(C)C. The van der Waals surface area contributed by atoms with E-state index in [1.165, 1.54) is 0 Å². The molecule has 0 aliphatic heterocycles. The number of hydrogen-bond donors (Lipinski definition) is 1. The quantitative estimate of drug-likeness (QED) is 0.409. The Hall–Kier alpha value is -0.200. The van der Waals surface area contributed by atoms with Gasteiger partial charge < -0.3 is 0 Å². The lowest BCUT2D eigenvalue weighted by atomic mass is 10.5. The van der Waals surface area contributed by atoms with Gasteiger partial charge in [0.2, 0.25) is 0 Å². The first kappa shape index (κ1) is 13.8. The van der Waals surface area contributed by atoms with Crippen LogP contribution in [0.2, 0.25) is 0 Å². The van der Waals surface area contributed by atoms with Crippen molar-refractivity contribution in [2.75, 3.05) is 0 Å². The third-order valence-corrected chi connectivity index (χ3v) is 1.07. The van der Waals surface area contributed by atoms with Crippen molar-refractivity contribution in [1.82, 2.24) is 0 Å². The molecule has 0 spiro atoms. The van der Waals surface area contributed by atoms with Gasteiger partial charge in [-0.3, -0.25) is 0 Å². The molecule has 0 saturated heterocycles. The summed E-state index contributed by atoms with van der Waals surface area (Å²) < 4.78 is 0. The van der Waals surface area contributed by atoms with Crippen molar-refractivity contribution in [3.63, 3.8) is 0 Å². The summed E-state index contributed by atoms with van der Waals surface area (Å²) in [6, 6.07) is 0. The minimum Gasteiger partial charge on any atom is -0.107 e. The summed E-state index contributed by atoms with van der Waals surface area (Å²) in [7, 11) is 0. The van der Waals surface area contributed by atoms with Crippen LogP contribution in [0.1, 0.15) is 41.5 Å². The van der Waals surface area contributed by atoms with Crippen molar-refractivity contribution in [3.8, 4) is 0 Å². The topological polar surface area (TPSA) is 53.7 Å². The van der Waals surface area contributed by atoms with Gasteiger partial charge in [-0.05, 0) is 41.5 Å². The van der Waals surface area contributed by atoms with Crippen molar-refractivity contribution >= 4 is 0 Å². The largest absolute Gasteiger partial charge is 0.172 e.